The molecule has 0 amide bonds. The molecule has 0 saturated heterocycles. The number of halogens is 3. The van der Waals surface area contributed by atoms with Gasteiger partial charge in [0.15, 0.2) is 17.5 Å². The van der Waals surface area contributed by atoms with E-state index < -0.39 is 6.61 Å². The molecular weight excluding hydrogens is 509 g/mol. The van der Waals surface area contributed by atoms with Crippen molar-refractivity contribution in [2.45, 2.75) is 46.3 Å². The van der Waals surface area contributed by atoms with Gasteiger partial charge in [0, 0.05) is 32.1 Å². The van der Waals surface area contributed by atoms with Crippen LogP contribution in [0.25, 0.3) is 0 Å². The zero-order chi connectivity index (χ0) is 21.2. The summed E-state index contributed by atoms with van der Waals surface area (Å²) in [7, 11) is 3.10. The summed E-state index contributed by atoms with van der Waals surface area (Å²) in [6.07, 6.45) is 2.17. The second-order valence-corrected chi connectivity index (χ2v) is 6.20. The third kappa shape index (κ3) is 7.29. The summed E-state index contributed by atoms with van der Waals surface area (Å²) in [4.78, 5) is 4.21. The van der Waals surface area contributed by atoms with Crippen molar-refractivity contribution in [3.05, 3.63) is 40.8 Å². The molecule has 168 valence electrons. The van der Waals surface area contributed by atoms with Crippen molar-refractivity contribution in [3.63, 3.8) is 0 Å². The lowest BCUT2D eigenvalue weighted by atomic mass is 10.1. The summed E-state index contributed by atoms with van der Waals surface area (Å²) in [6, 6.07) is 4.98. The number of ether oxygens (including phenoxy) is 2. The zero-order valence-corrected chi connectivity index (χ0v) is 20.0. The number of alkyl halides is 2. The number of guanidine groups is 1. The number of benzene rings is 1. The Kier molecular flexibility index (Phi) is 11.4. The van der Waals surface area contributed by atoms with E-state index >= 15 is 0 Å². The summed E-state index contributed by atoms with van der Waals surface area (Å²) in [6.45, 7) is 2.28. The number of methoxy groups -OCH3 is 1. The number of aryl methyl sites for hydroxylation is 2. The van der Waals surface area contributed by atoms with E-state index in [2.05, 4.69) is 25.5 Å². The van der Waals surface area contributed by atoms with Crippen molar-refractivity contribution in [2.24, 2.45) is 4.99 Å². The fourth-order valence-electron chi connectivity index (χ4n) is 2.92. The minimum absolute atomic E-state index is 0. The minimum Gasteiger partial charge on any atom is -0.493 e. The van der Waals surface area contributed by atoms with E-state index in [9.17, 15) is 8.78 Å². The summed E-state index contributed by atoms with van der Waals surface area (Å²) >= 11 is 0. The first-order valence-corrected chi connectivity index (χ1v) is 9.54. The lowest BCUT2D eigenvalue weighted by Gasteiger charge is -2.14. The van der Waals surface area contributed by atoms with Crippen LogP contribution in [-0.4, -0.2) is 38.4 Å². The summed E-state index contributed by atoms with van der Waals surface area (Å²) in [5, 5.41) is 10.6. The summed E-state index contributed by atoms with van der Waals surface area (Å²) in [5.41, 5.74) is 2.83. The van der Waals surface area contributed by atoms with Gasteiger partial charge in [-0.25, -0.2) is 0 Å². The molecule has 2 aromatic rings. The van der Waals surface area contributed by atoms with Crippen LogP contribution in [0.1, 0.15) is 36.4 Å². The van der Waals surface area contributed by atoms with E-state index in [0.29, 0.717) is 25.5 Å². The molecule has 0 aliphatic heterocycles. The molecule has 0 atom stereocenters. The minimum atomic E-state index is -2.90. The first kappa shape index (κ1) is 25.9. The fraction of sp³-hybridized carbons (Fsp3) is 0.500. The molecule has 7 nitrogen and oxygen atoms in total. The van der Waals surface area contributed by atoms with E-state index in [4.69, 9.17) is 9.26 Å². The number of hydrogen-bond acceptors (Lipinski definition) is 5. The molecule has 0 spiro atoms. The van der Waals surface area contributed by atoms with Crippen molar-refractivity contribution < 1.29 is 22.8 Å². The Morgan fingerprint density at radius 3 is 2.57 bits per heavy atom. The first-order valence-electron chi connectivity index (χ1n) is 9.54. The van der Waals surface area contributed by atoms with E-state index in [1.165, 1.54) is 7.11 Å². The normalized spacial score (nSPS) is 11.2. The Labute approximate surface area is 192 Å². The Balaban J connectivity index is 0.00000450. The van der Waals surface area contributed by atoms with Crippen molar-refractivity contribution in [1.29, 1.82) is 0 Å². The molecule has 0 aliphatic rings. The van der Waals surface area contributed by atoms with Crippen LogP contribution in [0.5, 0.6) is 11.5 Å². The van der Waals surface area contributed by atoms with Crippen molar-refractivity contribution in [3.8, 4) is 11.5 Å². The molecule has 0 radical (unpaired) electrons. The van der Waals surface area contributed by atoms with Crippen LogP contribution >= 0.6 is 24.0 Å². The zero-order valence-electron chi connectivity index (χ0n) is 17.6. The molecule has 1 aromatic heterocycles. The molecule has 30 heavy (non-hydrogen) atoms. The number of nitrogens with zero attached hydrogens (tertiary/aromatic N) is 2. The van der Waals surface area contributed by atoms with Crippen molar-refractivity contribution in [2.75, 3.05) is 20.7 Å². The van der Waals surface area contributed by atoms with Crippen LogP contribution in [0, 0.1) is 0 Å². The van der Waals surface area contributed by atoms with Gasteiger partial charge in [0.2, 0.25) is 0 Å². The third-order valence-corrected chi connectivity index (χ3v) is 4.41. The largest absolute Gasteiger partial charge is 0.493 e. The van der Waals surface area contributed by atoms with Gasteiger partial charge >= 0.3 is 6.61 Å². The molecule has 1 aromatic carbocycles. The lowest BCUT2D eigenvalue weighted by molar-refractivity contribution is -0.0512. The topological polar surface area (TPSA) is 80.9 Å². The van der Waals surface area contributed by atoms with Gasteiger partial charge in [-0.1, -0.05) is 25.1 Å². The fourth-order valence-corrected chi connectivity index (χ4v) is 2.92. The van der Waals surface area contributed by atoms with Gasteiger partial charge in [-0.15, -0.1) is 24.0 Å². The predicted molar refractivity (Wildman–Crippen MR) is 122 cm³/mol. The number of aromatic nitrogens is 1. The molecule has 10 heteroatoms. The molecule has 1 heterocycles. The maximum Gasteiger partial charge on any atom is 0.387 e. The van der Waals surface area contributed by atoms with Crippen LogP contribution in [0.15, 0.2) is 27.7 Å². The highest BCUT2D eigenvalue weighted by Gasteiger charge is 2.14. The third-order valence-electron chi connectivity index (χ3n) is 4.41. The highest BCUT2D eigenvalue weighted by atomic mass is 127. The standard InChI is InChI=1S/C20H28F2N4O3.HI/c1-5-15-14(16(6-2)29-26-15)12-25-20(23-3)24-10-9-13-7-8-17(27-4)18(11-13)28-19(21)22;/h7-8,11,19H,5-6,9-10,12H2,1-4H3,(H2,23,24,25);1H. The van der Waals surface area contributed by atoms with Gasteiger partial charge in [-0.2, -0.15) is 8.78 Å². The van der Waals surface area contributed by atoms with Crippen molar-refractivity contribution in [1.82, 2.24) is 15.8 Å². The molecule has 0 fully saturated rings. The van der Waals surface area contributed by atoms with E-state index in [0.717, 1.165) is 35.4 Å². The Bertz CT molecular complexity index is 794. The van der Waals surface area contributed by atoms with Gasteiger partial charge in [0.05, 0.1) is 12.8 Å². The average Bonchev–Trinajstić information content (AvgIpc) is 3.12. The van der Waals surface area contributed by atoms with Crippen LogP contribution in [0.2, 0.25) is 0 Å². The van der Waals surface area contributed by atoms with E-state index in [-0.39, 0.29) is 35.5 Å². The maximum absolute atomic E-state index is 12.6. The molecular formula is C20H29F2IN4O3. The van der Waals surface area contributed by atoms with Gasteiger partial charge in [-0.05, 0) is 30.5 Å². The Morgan fingerprint density at radius 2 is 1.97 bits per heavy atom. The summed E-state index contributed by atoms with van der Waals surface area (Å²) < 4.78 is 40.1. The molecule has 0 aliphatic carbocycles. The Hall–Kier alpha value is -2.11. The van der Waals surface area contributed by atoms with Crippen LogP contribution in [0.4, 0.5) is 8.78 Å². The molecule has 2 rings (SSSR count). The number of rotatable bonds is 10. The number of hydrogen-bond donors (Lipinski definition) is 2. The van der Waals surface area contributed by atoms with Gasteiger partial charge < -0.3 is 24.6 Å². The van der Waals surface area contributed by atoms with Gasteiger partial charge in [0.1, 0.15) is 5.76 Å². The second kappa shape index (κ2) is 13.2. The van der Waals surface area contributed by atoms with E-state index in [1.54, 1.807) is 19.2 Å². The average molecular weight is 538 g/mol. The van der Waals surface area contributed by atoms with Crippen LogP contribution in [-0.2, 0) is 25.8 Å². The summed E-state index contributed by atoms with van der Waals surface area (Å²) in [5.74, 6) is 1.79. The van der Waals surface area contributed by atoms with Crippen LogP contribution in [0.3, 0.4) is 0 Å². The van der Waals surface area contributed by atoms with Crippen LogP contribution < -0.4 is 20.1 Å². The highest BCUT2D eigenvalue weighted by Crippen LogP contribution is 2.29. The maximum atomic E-state index is 12.6. The molecule has 0 unspecified atom stereocenters. The van der Waals surface area contributed by atoms with Gasteiger partial charge in [-0.3, -0.25) is 4.99 Å². The SMILES string of the molecule is CCc1noc(CC)c1CNC(=NC)NCCc1ccc(OC)c(OC(F)F)c1.I. The monoisotopic (exact) mass is 538 g/mol. The quantitative estimate of drug-likeness (QED) is 0.271. The number of nitrogens with one attached hydrogen (secondary N) is 2. The Morgan fingerprint density at radius 1 is 1.20 bits per heavy atom. The second-order valence-electron chi connectivity index (χ2n) is 6.20. The van der Waals surface area contributed by atoms with Crippen molar-refractivity contribution >= 4 is 29.9 Å². The number of aliphatic imine (C=N–C) groups is 1. The first-order chi connectivity index (χ1) is 14.0. The van der Waals surface area contributed by atoms with E-state index in [1.807, 2.05) is 19.9 Å². The molecule has 0 saturated carbocycles. The predicted octanol–water partition coefficient (Wildman–Crippen LogP) is 3.94. The van der Waals surface area contributed by atoms with Gasteiger partial charge in [0.25, 0.3) is 0 Å². The smallest absolute Gasteiger partial charge is 0.387 e. The highest BCUT2D eigenvalue weighted by molar-refractivity contribution is 14.0. The molecule has 0 bridgehead atoms. The molecule has 2 N–H and O–H groups in total. The lowest BCUT2D eigenvalue weighted by Crippen LogP contribution is -2.38.